The lowest BCUT2D eigenvalue weighted by Crippen LogP contribution is -2.31. The first-order chi connectivity index (χ1) is 8.43. The minimum atomic E-state index is -4.37. The van der Waals surface area contributed by atoms with Crippen LogP contribution in [0.1, 0.15) is 18.9 Å². The third-order valence-corrected chi connectivity index (χ3v) is 2.74. The minimum Gasteiger partial charge on any atom is -0.337 e. The van der Waals surface area contributed by atoms with Gasteiger partial charge in [-0.25, -0.2) is 4.79 Å². The first-order valence-electron chi connectivity index (χ1n) is 5.31. The van der Waals surface area contributed by atoms with E-state index in [9.17, 15) is 18.0 Å². The van der Waals surface area contributed by atoms with Crippen molar-refractivity contribution in [1.82, 2.24) is 10.0 Å². The molecule has 0 aliphatic carbocycles. The van der Waals surface area contributed by atoms with Crippen molar-refractivity contribution in [1.29, 1.82) is 0 Å². The Morgan fingerprint density at radius 3 is 2.72 bits per heavy atom. The number of hydrogen-bond donors (Lipinski definition) is 2. The summed E-state index contributed by atoms with van der Waals surface area (Å²) in [6.45, 7) is 2.43. The lowest BCUT2D eigenvalue weighted by Gasteiger charge is -2.09. The smallest absolute Gasteiger partial charge is 0.337 e. The second-order valence-electron chi connectivity index (χ2n) is 3.49. The second-order valence-corrected chi connectivity index (χ2v) is 4.37. The molecule has 1 aromatic carbocycles. The van der Waals surface area contributed by atoms with Gasteiger partial charge in [-0.05, 0) is 36.6 Å². The number of halogens is 3. The van der Waals surface area contributed by atoms with Gasteiger partial charge >= 0.3 is 12.2 Å². The van der Waals surface area contributed by atoms with Gasteiger partial charge in [0.1, 0.15) is 0 Å². The second kappa shape index (κ2) is 6.53. The molecule has 0 aromatic heterocycles. The van der Waals surface area contributed by atoms with Gasteiger partial charge in [0.05, 0.1) is 5.56 Å². The van der Waals surface area contributed by atoms with E-state index in [4.69, 9.17) is 0 Å². The molecule has 0 spiro atoms. The van der Waals surface area contributed by atoms with E-state index < -0.39 is 17.8 Å². The molecule has 0 fully saturated rings. The molecule has 18 heavy (non-hydrogen) atoms. The molecule has 2 N–H and O–H groups in total. The molecule has 1 aromatic rings. The molecule has 0 atom stereocenters. The molecule has 2 amide bonds. The van der Waals surface area contributed by atoms with Gasteiger partial charge in [-0.2, -0.15) is 13.2 Å². The van der Waals surface area contributed by atoms with E-state index in [-0.39, 0.29) is 0 Å². The molecule has 0 saturated heterocycles. The van der Waals surface area contributed by atoms with E-state index in [2.05, 4.69) is 10.0 Å². The van der Waals surface area contributed by atoms with Crippen molar-refractivity contribution in [2.45, 2.75) is 24.4 Å². The maximum absolute atomic E-state index is 12.4. The number of benzene rings is 1. The Kier molecular flexibility index (Phi) is 5.33. The van der Waals surface area contributed by atoms with Crippen LogP contribution in [-0.4, -0.2) is 12.6 Å². The van der Waals surface area contributed by atoms with Crippen LogP contribution in [0.15, 0.2) is 29.2 Å². The zero-order valence-electron chi connectivity index (χ0n) is 9.67. The Labute approximate surface area is 107 Å². The number of carbonyl (C=O) groups is 1. The fourth-order valence-electron chi connectivity index (χ4n) is 1.12. The summed E-state index contributed by atoms with van der Waals surface area (Å²) in [5, 5.41) is 2.55. The van der Waals surface area contributed by atoms with Gasteiger partial charge in [0, 0.05) is 11.4 Å². The average Bonchev–Trinajstić information content (AvgIpc) is 2.33. The number of rotatable bonds is 4. The maximum Gasteiger partial charge on any atom is 0.416 e. The van der Waals surface area contributed by atoms with Crippen LogP contribution < -0.4 is 10.0 Å². The number of amides is 2. The Morgan fingerprint density at radius 1 is 1.39 bits per heavy atom. The van der Waals surface area contributed by atoms with Gasteiger partial charge in [-0.3, -0.25) is 4.72 Å². The molecular formula is C11H13F3N2OS. The van der Waals surface area contributed by atoms with Crippen LogP contribution in [-0.2, 0) is 6.18 Å². The zero-order chi connectivity index (χ0) is 13.6. The molecule has 3 nitrogen and oxygen atoms in total. The number of nitrogens with one attached hydrogen (secondary N) is 2. The van der Waals surface area contributed by atoms with Crippen molar-refractivity contribution in [3.63, 3.8) is 0 Å². The van der Waals surface area contributed by atoms with E-state index in [0.717, 1.165) is 30.5 Å². The summed E-state index contributed by atoms with van der Waals surface area (Å²) in [7, 11) is 0. The molecule has 0 heterocycles. The van der Waals surface area contributed by atoms with Crippen molar-refractivity contribution < 1.29 is 18.0 Å². The molecule has 1 rings (SSSR count). The summed E-state index contributed by atoms with van der Waals surface area (Å²) < 4.78 is 39.7. The fourth-order valence-corrected chi connectivity index (χ4v) is 1.73. The van der Waals surface area contributed by atoms with Crippen LogP contribution in [0.3, 0.4) is 0 Å². The molecule has 0 aliphatic heterocycles. The van der Waals surface area contributed by atoms with Gasteiger partial charge in [0.15, 0.2) is 0 Å². The first kappa shape index (κ1) is 14.7. The van der Waals surface area contributed by atoms with E-state index in [0.29, 0.717) is 11.4 Å². The van der Waals surface area contributed by atoms with E-state index in [1.165, 1.54) is 12.1 Å². The third-order valence-electron chi connectivity index (χ3n) is 1.96. The van der Waals surface area contributed by atoms with Gasteiger partial charge < -0.3 is 5.32 Å². The van der Waals surface area contributed by atoms with Crippen LogP contribution in [0.4, 0.5) is 18.0 Å². The quantitative estimate of drug-likeness (QED) is 0.829. The van der Waals surface area contributed by atoms with Crippen molar-refractivity contribution in [3.05, 3.63) is 29.8 Å². The van der Waals surface area contributed by atoms with Gasteiger partial charge in [0.25, 0.3) is 0 Å². The summed E-state index contributed by atoms with van der Waals surface area (Å²) >= 11 is 0.847. The predicted molar refractivity (Wildman–Crippen MR) is 64.1 cm³/mol. The fraction of sp³-hybridized carbons (Fsp3) is 0.364. The summed E-state index contributed by atoms with van der Waals surface area (Å²) in [6, 6.07) is 4.36. The number of hydrogen-bond acceptors (Lipinski definition) is 2. The number of urea groups is 1. The topological polar surface area (TPSA) is 41.1 Å². The molecule has 0 aliphatic rings. The van der Waals surface area contributed by atoms with Crippen molar-refractivity contribution in [2.24, 2.45) is 0 Å². The largest absolute Gasteiger partial charge is 0.416 e. The number of carbonyl (C=O) groups excluding carboxylic acids is 1. The highest BCUT2D eigenvalue weighted by Crippen LogP contribution is 2.31. The summed E-state index contributed by atoms with van der Waals surface area (Å²) in [5.74, 6) is 0. The molecule has 0 unspecified atom stereocenters. The first-order valence-corrected chi connectivity index (χ1v) is 6.13. The Balaban J connectivity index is 2.55. The SMILES string of the molecule is CCCNC(=O)NSc1cccc(C(F)(F)F)c1. The molecule has 0 bridgehead atoms. The summed E-state index contributed by atoms with van der Waals surface area (Å²) in [6.07, 6.45) is -3.58. The zero-order valence-corrected chi connectivity index (χ0v) is 10.5. The molecule has 0 radical (unpaired) electrons. The molecule has 100 valence electrons. The average molecular weight is 278 g/mol. The third kappa shape index (κ3) is 4.87. The van der Waals surface area contributed by atoms with E-state index in [1.807, 2.05) is 6.92 Å². The summed E-state index contributed by atoms with van der Waals surface area (Å²) in [5.41, 5.74) is -0.733. The lowest BCUT2D eigenvalue weighted by molar-refractivity contribution is -0.137. The Bertz CT molecular complexity index is 410. The minimum absolute atomic E-state index is 0.330. The van der Waals surface area contributed by atoms with Crippen molar-refractivity contribution >= 4 is 18.0 Å². The maximum atomic E-state index is 12.4. The predicted octanol–water partition coefficient (Wildman–Crippen LogP) is 3.42. The highest BCUT2D eigenvalue weighted by atomic mass is 32.2. The van der Waals surface area contributed by atoms with Crippen molar-refractivity contribution in [3.8, 4) is 0 Å². The van der Waals surface area contributed by atoms with Crippen LogP contribution >= 0.6 is 11.9 Å². The van der Waals surface area contributed by atoms with Crippen LogP contribution in [0.2, 0.25) is 0 Å². The highest BCUT2D eigenvalue weighted by Gasteiger charge is 2.30. The Morgan fingerprint density at radius 2 is 2.11 bits per heavy atom. The van der Waals surface area contributed by atoms with Crippen molar-refractivity contribution in [2.75, 3.05) is 6.54 Å². The van der Waals surface area contributed by atoms with Crippen LogP contribution in [0, 0.1) is 0 Å². The van der Waals surface area contributed by atoms with Gasteiger partial charge in [-0.1, -0.05) is 13.0 Å². The molecular weight excluding hydrogens is 265 g/mol. The molecule has 7 heteroatoms. The van der Waals surface area contributed by atoms with E-state index in [1.54, 1.807) is 0 Å². The van der Waals surface area contributed by atoms with Gasteiger partial charge in [-0.15, -0.1) is 0 Å². The normalized spacial score (nSPS) is 11.1. The lowest BCUT2D eigenvalue weighted by atomic mass is 10.2. The Hall–Kier alpha value is -1.37. The number of alkyl halides is 3. The van der Waals surface area contributed by atoms with Gasteiger partial charge in [0.2, 0.25) is 0 Å². The van der Waals surface area contributed by atoms with Crippen LogP contribution in [0.25, 0.3) is 0 Å². The van der Waals surface area contributed by atoms with E-state index >= 15 is 0 Å². The molecule has 0 saturated carbocycles. The monoisotopic (exact) mass is 278 g/mol. The standard InChI is InChI=1S/C11H13F3N2OS/c1-2-6-15-10(17)16-18-9-5-3-4-8(7-9)11(12,13)14/h3-5,7H,2,6H2,1H3,(H2,15,16,17). The van der Waals surface area contributed by atoms with Crippen LogP contribution in [0.5, 0.6) is 0 Å². The highest BCUT2D eigenvalue weighted by molar-refractivity contribution is 7.98. The summed E-state index contributed by atoms with van der Waals surface area (Å²) in [4.78, 5) is 11.5.